The minimum atomic E-state index is -0.514. The fraction of sp³-hybridized carbons (Fsp3) is 0.300. The third kappa shape index (κ3) is 7.52. The zero-order valence-corrected chi connectivity index (χ0v) is 23.1. The van der Waals surface area contributed by atoms with E-state index in [1.165, 1.54) is 35.2 Å². The number of rotatable bonds is 7. The first-order valence-electron chi connectivity index (χ1n) is 13.3. The molecule has 0 saturated heterocycles. The number of halogens is 1. The Kier molecular flexibility index (Phi) is 9.41. The number of aliphatic hydroxyl groups excluding tert-OH is 1. The Labute approximate surface area is 238 Å². The van der Waals surface area contributed by atoms with E-state index in [1.807, 2.05) is 13.0 Å². The van der Waals surface area contributed by atoms with E-state index < -0.39 is 30.0 Å². The van der Waals surface area contributed by atoms with Crippen LogP contribution in [0.1, 0.15) is 24.2 Å². The fourth-order valence-corrected chi connectivity index (χ4v) is 4.44. The quantitative estimate of drug-likeness (QED) is 0.327. The highest BCUT2D eigenvalue weighted by Crippen LogP contribution is 2.31. The predicted molar refractivity (Wildman–Crippen MR) is 155 cm³/mol. The van der Waals surface area contributed by atoms with Gasteiger partial charge in [0, 0.05) is 36.6 Å². The Bertz CT molecular complexity index is 1370. The molecule has 3 aromatic rings. The maximum atomic E-state index is 13.6. The van der Waals surface area contributed by atoms with Gasteiger partial charge in [-0.1, -0.05) is 25.1 Å². The minimum absolute atomic E-state index is 0.183. The Morgan fingerprint density at radius 2 is 1.66 bits per heavy atom. The van der Waals surface area contributed by atoms with Crippen molar-refractivity contribution in [2.75, 3.05) is 42.7 Å². The molecule has 4 N–H and O–H groups in total. The van der Waals surface area contributed by atoms with Gasteiger partial charge in [-0.05, 0) is 61.5 Å². The van der Waals surface area contributed by atoms with Gasteiger partial charge in [-0.25, -0.2) is 14.0 Å². The van der Waals surface area contributed by atoms with Crippen molar-refractivity contribution in [3.05, 3.63) is 84.2 Å². The highest BCUT2D eigenvalue weighted by atomic mass is 19.1. The van der Waals surface area contributed by atoms with Crippen LogP contribution in [-0.2, 0) is 0 Å². The lowest BCUT2D eigenvalue weighted by Crippen LogP contribution is -2.50. The van der Waals surface area contributed by atoms with Crippen molar-refractivity contribution in [3.63, 3.8) is 0 Å². The van der Waals surface area contributed by atoms with E-state index in [-0.39, 0.29) is 37.1 Å². The summed E-state index contributed by atoms with van der Waals surface area (Å²) in [5.74, 6) is -0.667. The Balaban J connectivity index is 1.54. The topological polar surface area (TPSA) is 123 Å². The number of nitrogens with one attached hydrogen (secondary N) is 3. The van der Waals surface area contributed by atoms with Crippen molar-refractivity contribution >= 4 is 35.0 Å². The summed E-state index contributed by atoms with van der Waals surface area (Å²) >= 11 is 0. The number of amides is 5. The van der Waals surface area contributed by atoms with Crippen LogP contribution in [0.25, 0.3) is 0 Å². The maximum absolute atomic E-state index is 13.6. The lowest BCUT2D eigenvalue weighted by atomic mass is 9.99. The number of hydrogen-bond donors (Lipinski definition) is 4. The molecule has 3 atom stereocenters. The number of para-hydroxylation sites is 1. The molecule has 0 saturated carbocycles. The molecule has 216 valence electrons. The lowest BCUT2D eigenvalue weighted by Gasteiger charge is -2.38. The lowest BCUT2D eigenvalue weighted by molar-refractivity contribution is 0.0371. The van der Waals surface area contributed by atoms with Crippen LogP contribution in [0.5, 0.6) is 5.75 Å². The average Bonchev–Trinajstić information content (AvgIpc) is 2.96. The zero-order valence-electron chi connectivity index (χ0n) is 23.1. The number of urea groups is 2. The average molecular weight is 564 g/mol. The predicted octanol–water partition coefficient (Wildman–Crippen LogP) is 4.85. The monoisotopic (exact) mass is 563 g/mol. The van der Waals surface area contributed by atoms with Crippen LogP contribution in [-0.4, -0.2) is 71.8 Å². The summed E-state index contributed by atoms with van der Waals surface area (Å²) < 4.78 is 19.6. The van der Waals surface area contributed by atoms with Gasteiger partial charge in [0.15, 0.2) is 0 Å². The van der Waals surface area contributed by atoms with Crippen molar-refractivity contribution in [1.29, 1.82) is 0 Å². The summed E-state index contributed by atoms with van der Waals surface area (Å²) in [5, 5.41) is 18.1. The van der Waals surface area contributed by atoms with Crippen LogP contribution in [0, 0.1) is 11.7 Å². The Hall–Kier alpha value is -4.64. The van der Waals surface area contributed by atoms with Gasteiger partial charge in [-0.3, -0.25) is 4.79 Å². The number of carbonyl (C=O) groups is 3. The van der Waals surface area contributed by atoms with Crippen LogP contribution in [0.3, 0.4) is 0 Å². The molecule has 0 spiro atoms. The highest BCUT2D eigenvalue weighted by molar-refractivity contribution is 6.02. The smallest absolute Gasteiger partial charge is 0.323 e. The highest BCUT2D eigenvalue weighted by Gasteiger charge is 2.34. The zero-order chi connectivity index (χ0) is 29.5. The van der Waals surface area contributed by atoms with Crippen molar-refractivity contribution in [3.8, 4) is 5.75 Å². The first-order valence-corrected chi connectivity index (χ1v) is 13.3. The van der Waals surface area contributed by atoms with Crippen molar-refractivity contribution < 1.29 is 28.6 Å². The first kappa shape index (κ1) is 29.3. The second kappa shape index (κ2) is 13.1. The molecule has 0 aromatic heterocycles. The van der Waals surface area contributed by atoms with Gasteiger partial charge in [0.05, 0.1) is 24.8 Å². The molecule has 1 heterocycles. The van der Waals surface area contributed by atoms with Crippen molar-refractivity contribution in [2.45, 2.75) is 26.0 Å². The second-order valence-electron chi connectivity index (χ2n) is 10.1. The summed E-state index contributed by atoms with van der Waals surface area (Å²) in [7, 11) is 1.62. The number of benzene rings is 3. The van der Waals surface area contributed by atoms with Crippen molar-refractivity contribution in [2.24, 2.45) is 5.92 Å². The standard InChI is InChI=1S/C30H34FN5O5/c1-19-16-36(20(2)18-37)28(38)25-15-24(33-29(39)32-22-7-5-4-6-8-22)13-14-26(25)41-27(19)17-35(3)30(40)34-23-11-9-21(31)10-12-23/h4-15,19-20,27,37H,16-18H2,1-3H3,(H,34,40)(H2,32,33,39)/t19-,20-,27-/m0/s1. The molecule has 5 amide bonds. The van der Waals surface area contributed by atoms with Gasteiger partial charge in [0.25, 0.3) is 5.91 Å². The maximum Gasteiger partial charge on any atom is 0.323 e. The third-order valence-corrected chi connectivity index (χ3v) is 6.85. The number of ether oxygens (including phenoxy) is 1. The van der Waals surface area contributed by atoms with Crippen LogP contribution in [0.15, 0.2) is 72.8 Å². The van der Waals surface area contributed by atoms with Gasteiger partial charge in [-0.15, -0.1) is 0 Å². The number of anilines is 3. The van der Waals surface area contributed by atoms with Crippen molar-refractivity contribution in [1.82, 2.24) is 9.80 Å². The second-order valence-corrected chi connectivity index (χ2v) is 10.1. The minimum Gasteiger partial charge on any atom is -0.487 e. The van der Waals surface area contributed by atoms with Gasteiger partial charge < -0.3 is 35.6 Å². The van der Waals surface area contributed by atoms with Gasteiger partial charge >= 0.3 is 12.1 Å². The molecular formula is C30H34FN5O5. The van der Waals surface area contributed by atoms with E-state index >= 15 is 0 Å². The molecule has 41 heavy (non-hydrogen) atoms. The van der Waals surface area contributed by atoms with Crippen LogP contribution >= 0.6 is 0 Å². The summed E-state index contributed by atoms with van der Waals surface area (Å²) in [4.78, 5) is 42.1. The number of likely N-dealkylation sites (N-methyl/N-ethyl adjacent to an activating group) is 1. The molecule has 11 heteroatoms. The summed E-state index contributed by atoms with van der Waals surface area (Å²) in [6.07, 6.45) is -0.514. The molecule has 10 nitrogen and oxygen atoms in total. The molecular weight excluding hydrogens is 529 g/mol. The first-order chi connectivity index (χ1) is 19.6. The number of carbonyl (C=O) groups excluding carboxylic acids is 3. The molecule has 0 aliphatic carbocycles. The van der Waals surface area contributed by atoms with E-state index in [2.05, 4.69) is 16.0 Å². The molecule has 0 bridgehead atoms. The molecule has 0 fully saturated rings. The van der Waals surface area contributed by atoms with E-state index in [0.717, 1.165) is 0 Å². The summed E-state index contributed by atoms with van der Waals surface area (Å²) in [6, 6.07) is 17.8. The van der Waals surface area contributed by atoms with E-state index in [1.54, 1.807) is 55.3 Å². The van der Waals surface area contributed by atoms with Gasteiger partial charge in [-0.2, -0.15) is 0 Å². The number of fused-ring (bicyclic) bond motifs is 1. The molecule has 0 unspecified atom stereocenters. The Morgan fingerprint density at radius 1 is 1.02 bits per heavy atom. The number of hydrogen-bond acceptors (Lipinski definition) is 5. The normalized spacial score (nSPS) is 17.3. The number of aliphatic hydroxyl groups is 1. The molecule has 1 aliphatic rings. The summed E-state index contributed by atoms with van der Waals surface area (Å²) in [5.41, 5.74) is 1.66. The Morgan fingerprint density at radius 3 is 2.34 bits per heavy atom. The molecule has 0 radical (unpaired) electrons. The molecule has 3 aromatic carbocycles. The van der Waals surface area contributed by atoms with Gasteiger partial charge in [0.2, 0.25) is 0 Å². The van der Waals surface area contributed by atoms with Crippen LogP contribution in [0.2, 0.25) is 0 Å². The molecule has 1 aliphatic heterocycles. The van der Waals surface area contributed by atoms with E-state index in [0.29, 0.717) is 22.8 Å². The number of nitrogens with zero attached hydrogens (tertiary/aromatic N) is 2. The van der Waals surface area contributed by atoms with Gasteiger partial charge in [0.1, 0.15) is 17.7 Å². The SMILES string of the molecule is C[C@H]1CN([C@@H](C)CO)C(=O)c2cc(NC(=O)Nc3ccccc3)ccc2O[C@H]1CN(C)C(=O)Nc1ccc(F)cc1. The van der Waals surface area contributed by atoms with Crippen LogP contribution in [0.4, 0.5) is 31.0 Å². The molecule has 4 rings (SSSR count). The third-order valence-electron chi connectivity index (χ3n) is 6.85. The van der Waals surface area contributed by atoms with E-state index in [4.69, 9.17) is 4.74 Å². The van der Waals surface area contributed by atoms with Crippen LogP contribution < -0.4 is 20.7 Å². The van der Waals surface area contributed by atoms with E-state index in [9.17, 15) is 23.9 Å². The fourth-order valence-electron chi connectivity index (χ4n) is 4.44. The summed E-state index contributed by atoms with van der Waals surface area (Å²) in [6.45, 7) is 3.87. The largest absolute Gasteiger partial charge is 0.487 e.